The van der Waals surface area contributed by atoms with E-state index in [9.17, 15) is 18.0 Å². The fourth-order valence-corrected chi connectivity index (χ4v) is 1.75. The highest BCUT2D eigenvalue weighted by molar-refractivity contribution is 5.53. The van der Waals surface area contributed by atoms with E-state index in [0.29, 0.717) is 6.07 Å². The summed E-state index contributed by atoms with van der Waals surface area (Å²) in [5.74, 6) is -0.937. The molecule has 0 aliphatic rings. The van der Waals surface area contributed by atoms with E-state index in [1.54, 1.807) is 13.8 Å². The van der Waals surface area contributed by atoms with Crippen LogP contribution < -0.4 is 10.9 Å². The predicted octanol–water partition coefficient (Wildman–Crippen LogP) is 2.49. The van der Waals surface area contributed by atoms with Gasteiger partial charge in [-0.15, -0.1) is 0 Å². The zero-order valence-corrected chi connectivity index (χ0v) is 11.2. The molecule has 110 valence electrons. The van der Waals surface area contributed by atoms with Gasteiger partial charge in [-0.1, -0.05) is 0 Å². The summed E-state index contributed by atoms with van der Waals surface area (Å²) in [6, 6.07) is 3.61. The summed E-state index contributed by atoms with van der Waals surface area (Å²) in [5, 5.41) is 11.6. The van der Waals surface area contributed by atoms with Gasteiger partial charge in [0, 0.05) is 18.3 Å². The van der Waals surface area contributed by atoms with Crippen molar-refractivity contribution in [2.45, 2.75) is 25.8 Å². The van der Waals surface area contributed by atoms with Crippen molar-refractivity contribution in [1.29, 1.82) is 5.26 Å². The van der Waals surface area contributed by atoms with Gasteiger partial charge in [0.2, 0.25) is 0 Å². The summed E-state index contributed by atoms with van der Waals surface area (Å²) >= 11 is 0. The quantitative estimate of drug-likeness (QED) is 0.944. The van der Waals surface area contributed by atoms with Crippen molar-refractivity contribution in [1.82, 2.24) is 9.38 Å². The molecule has 0 spiro atoms. The molecule has 0 saturated heterocycles. The highest BCUT2D eigenvalue weighted by atomic mass is 19.3. The van der Waals surface area contributed by atoms with Crippen LogP contribution in [0.3, 0.4) is 0 Å². The molecule has 0 aliphatic heterocycles. The zero-order chi connectivity index (χ0) is 15.8. The molecule has 0 amide bonds. The van der Waals surface area contributed by atoms with Crippen molar-refractivity contribution >= 4 is 11.3 Å². The van der Waals surface area contributed by atoms with E-state index in [1.165, 1.54) is 6.20 Å². The maximum atomic E-state index is 14.0. The molecule has 2 aromatic rings. The first-order valence-corrected chi connectivity index (χ1v) is 5.94. The Labute approximate surface area is 117 Å². The Hall–Kier alpha value is -2.56. The van der Waals surface area contributed by atoms with E-state index in [4.69, 9.17) is 5.26 Å². The molecular formula is C13H11F3N4O. The van der Waals surface area contributed by atoms with Crippen molar-refractivity contribution < 1.29 is 13.2 Å². The fraction of sp³-hybridized carbons (Fsp3) is 0.308. The molecule has 0 unspecified atom stereocenters. The van der Waals surface area contributed by atoms with Crippen molar-refractivity contribution in [3.05, 3.63) is 40.2 Å². The van der Waals surface area contributed by atoms with E-state index in [0.717, 1.165) is 10.5 Å². The summed E-state index contributed by atoms with van der Waals surface area (Å²) in [6.07, 6.45) is -1.75. The molecular weight excluding hydrogens is 285 g/mol. The molecule has 8 heteroatoms. The number of halogens is 3. The third-order valence-corrected chi connectivity index (χ3v) is 2.70. The molecule has 2 rings (SSSR count). The van der Waals surface area contributed by atoms with Gasteiger partial charge in [-0.25, -0.2) is 18.2 Å². The molecule has 0 saturated carbocycles. The van der Waals surface area contributed by atoms with Crippen LogP contribution in [-0.4, -0.2) is 14.9 Å². The molecule has 21 heavy (non-hydrogen) atoms. The van der Waals surface area contributed by atoms with E-state index in [2.05, 4.69) is 10.3 Å². The lowest BCUT2D eigenvalue weighted by molar-refractivity contribution is 0.146. The van der Waals surface area contributed by atoms with E-state index < -0.39 is 34.7 Å². The van der Waals surface area contributed by atoms with E-state index in [-0.39, 0.29) is 5.69 Å². The standard InChI is InChI=1S/C13H11F3N4O/c1-13(2,6-17)19-7-3-8(14)12-18-9(11(15)16)4-10(21)20(12)5-7/h3-5,11,19H,1-2H3. The third-order valence-electron chi connectivity index (χ3n) is 2.70. The smallest absolute Gasteiger partial charge is 0.280 e. The first-order valence-electron chi connectivity index (χ1n) is 5.94. The van der Waals surface area contributed by atoms with Crippen molar-refractivity contribution in [2.75, 3.05) is 5.32 Å². The molecule has 2 heterocycles. The number of fused-ring (bicyclic) bond motifs is 1. The number of aromatic nitrogens is 2. The Morgan fingerprint density at radius 1 is 1.43 bits per heavy atom. The second-order valence-electron chi connectivity index (χ2n) is 4.95. The van der Waals surface area contributed by atoms with Crippen LogP contribution in [0.25, 0.3) is 5.65 Å². The number of alkyl halides is 2. The lowest BCUT2D eigenvalue weighted by Crippen LogP contribution is -2.29. The normalized spacial score (nSPS) is 11.7. The number of anilines is 1. The number of hydrogen-bond donors (Lipinski definition) is 1. The van der Waals surface area contributed by atoms with Gasteiger partial charge in [-0.2, -0.15) is 5.26 Å². The highest BCUT2D eigenvalue weighted by Gasteiger charge is 2.19. The minimum Gasteiger partial charge on any atom is -0.367 e. The van der Waals surface area contributed by atoms with E-state index in [1.807, 2.05) is 6.07 Å². The molecule has 0 atom stereocenters. The number of nitrogens with zero attached hydrogens (tertiary/aromatic N) is 3. The average Bonchev–Trinajstić information content (AvgIpc) is 2.39. The monoisotopic (exact) mass is 296 g/mol. The minimum absolute atomic E-state index is 0.167. The second kappa shape index (κ2) is 5.09. The van der Waals surface area contributed by atoms with Crippen molar-refractivity contribution in [3.63, 3.8) is 0 Å². The van der Waals surface area contributed by atoms with Crippen molar-refractivity contribution in [3.8, 4) is 6.07 Å². The van der Waals surface area contributed by atoms with Crippen LogP contribution in [0.5, 0.6) is 0 Å². The molecule has 0 aliphatic carbocycles. The van der Waals surface area contributed by atoms with Crippen LogP contribution in [0, 0.1) is 17.1 Å². The number of rotatable bonds is 3. The molecule has 0 bridgehead atoms. The Bertz CT molecular complexity index is 792. The van der Waals surface area contributed by atoms with Gasteiger partial charge in [-0.3, -0.25) is 9.20 Å². The highest BCUT2D eigenvalue weighted by Crippen LogP contribution is 2.20. The van der Waals surface area contributed by atoms with Gasteiger partial charge in [0.1, 0.15) is 11.2 Å². The predicted molar refractivity (Wildman–Crippen MR) is 69.7 cm³/mol. The average molecular weight is 296 g/mol. The number of nitrogens with one attached hydrogen (secondary N) is 1. The Balaban J connectivity index is 2.62. The molecule has 1 N–H and O–H groups in total. The number of hydrogen-bond acceptors (Lipinski definition) is 4. The molecule has 0 aromatic carbocycles. The van der Waals surface area contributed by atoms with Crippen molar-refractivity contribution in [2.24, 2.45) is 0 Å². The lowest BCUT2D eigenvalue weighted by Gasteiger charge is -2.19. The summed E-state index contributed by atoms with van der Waals surface area (Å²) in [5.41, 5.74) is -2.91. The largest absolute Gasteiger partial charge is 0.367 e. The van der Waals surface area contributed by atoms with Gasteiger partial charge < -0.3 is 5.32 Å². The van der Waals surface area contributed by atoms with Crippen LogP contribution in [0.1, 0.15) is 26.0 Å². The maximum absolute atomic E-state index is 14.0. The van der Waals surface area contributed by atoms with Crippen LogP contribution in [-0.2, 0) is 0 Å². The first-order chi connectivity index (χ1) is 9.73. The van der Waals surface area contributed by atoms with Crippen LogP contribution in [0.2, 0.25) is 0 Å². The van der Waals surface area contributed by atoms with Crippen LogP contribution in [0.15, 0.2) is 23.1 Å². The van der Waals surface area contributed by atoms with Gasteiger partial charge in [-0.05, 0) is 13.8 Å². The second-order valence-corrected chi connectivity index (χ2v) is 4.95. The fourth-order valence-electron chi connectivity index (χ4n) is 1.75. The summed E-state index contributed by atoms with van der Waals surface area (Å²) in [7, 11) is 0. The van der Waals surface area contributed by atoms with Crippen LogP contribution in [0.4, 0.5) is 18.9 Å². The van der Waals surface area contributed by atoms with Gasteiger partial charge in [0.15, 0.2) is 11.5 Å². The molecule has 5 nitrogen and oxygen atoms in total. The Morgan fingerprint density at radius 2 is 2.10 bits per heavy atom. The third kappa shape index (κ3) is 2.97. The Morgan fingerprint density at radius 3 is 2.67 bits per heavy atom. The van der Waals surface area contributed by atoms with E-state index >= 15 is 0 Å². The topological polar surface area (TPSA) is 70.2 Å². The van der Waals surface area contributed by atoms with Gasteiger partial charge >= 0.3 is 0 Å². The molecule has 2 aromatic heterocycles. The zero-order valence-electron chi connectivity index (χ0n) is 11.2. The lowest BCUT2D eigenvalue weighted by atomic mass is 10.1. The Kier molecular flexibility index (Phi) is 3.60. The summed E-state index contributed by atoms with van der Waals surface area (Å²) in [6.45, 7) is 3.13. The summed E-state index contributed by atoms with van der Waals surface area (Å²) in [4.78, 5) is 15.2. The van der Waals surface area contributed by atoms with Gasteiger partial charge in [0.25, 0.3) is 12.0 Å². The minimum atomic E-state index is -2.96. The maximum Gasteiger partial charge on any atom is 0.280 e. The number of nitriles is 1. The van der Waals surface area contributed by atoms with Gasteiger partial charge in [0.05, 0.1) is 11.8 Å². The summed E-state index contributed by atoms with van der Waals surface area (Å²) < 4.78 is 39.9. The SMILES string of the molecule is CC(C)(C#N)Nc1cc(F)c2nc(C(F)F)cc(=O)n2c1. The molecule has 0 fully saturated rings. The molecule has 0 radical (unpaired) electrons. The number of pyridine rings is 1. The van der Waals surface area contributed by atoms with Crippen LogP contribution >= 0.6 is 0 Å². The first kappa shape index (κ1) is 14.8.